The van der Waals surface area contributed by atoms with E-state index in [1.54, 1.807) is 25.6 Å². The van der Waals surface area contributed by atoms with Crippen molar-refractivity contribution in [3.63, 3.8) is 0 Å². The number of rotatable bonds is 11. The molecule has 0 rings (SSSR count). The van der Waals surface area contributed by atoms with Gasteiger partial charge in [-0.15, -0.1) is 0 Å². The highest BCUT2D eigenvalue weighted by Crippen LogP contribution is 2.05. The van der Waals surface area contributed by atoms with E-state index in [1.165, 1.54) is 0 Å². The summed E-state index contributed by atoms with van der Waals surface area (Å²) in [6.45, 7) is 3.39. The van der Waals surface area contributed by atoms with Gasteiger partial charge in [-0.2, -0.15) is 11.8 Å². The summed E-state index contributed by atoms with van der Waals surface area (Å²) in [5.41, 5.74) is 10.7. The van der Waals surface area contributed by atoms with E-state index in [1.807, 2.05) is 6.26 Å². The molecule has 0 aromatic carbocycles. The summed E-state index contributed by atoms with van der Waals surface area (Å²) < 4.78 is 0. The zero-order chi connectivity index (χ0) is 18.9. The average molecular weight is 362 g/mol. The number of aliphatic carboxylic acids is 1. The van der Waals surface area contributed by atoms with Crippen molar-refractivity contribution in [3.05, 3.63) is 0 Å². The van der Waals surface area contributed by atoms with Gasteiger partial charge in [-0.1, -0.05) is 13.8 Å². The van der Waals surface area contributed by atoms with E-state index in [9.17, 15) is 19.2 Å². The van der Waals surface area contributed by atoms with Gasteiger partial charge >= 0.3 is 5.97 Å². The summed E-state index contributed by atoms with van der Waals surface area (Å²) in [4.78, 5) is 46.3. The van der Waals surface area contributed by atoms with Crippen LogP contribution in [0.2, 0.25) is 0 Å². The van der Waals surface area contributed by atoms with Crippen LogP contribution in [-0.2, 0) is 19.2 Å². The van der Waals surface area contributed by atoms with Crippen molar-refractivity contribution in [2.24, 2.45) is 17.4 Å². The van der Waals surface area contributed by atoms with Crippen LogP contribution in [0.25, 0.3) is 0 Å². The number of nitrogens with two attached hydrogens (primary N) is 2. The van der Waals surface area contributed by atoms with Crippen LogP contribution >= 0.6 is 11.8 Å². The van der Waals surface area contributed by atoms with Crippen LogP contribution in [0.1, 0.15) is 26.7 Å². The van der Waals surface area contributed by atoms with Crippen molar-refractivity contribution in [2.45, 2.75) is 44.8 Å². The highest BCUT2D eigenvalue weighted by atomic mass is 32.2. The van der Waals surface area contributed by atoms with Gasteiger partial charge in [0.25, 0.3) is 0 Å². The molecule has 0 saturated heterocycles. The first kappa shape index (κ1) is 22.2. The molecule has 10 heteroatoms. The van der Waals surface area contributed by atoms with Crippen molar-refractivity contribution >= 4 is 35.5 Å². The maximum Gasteiger partial charge on any atom is 0.326 e. The van der Waals surface area contributed by atoms with Crippen LogP contribution < -0.4 is 22.1 Å². The lowest BCUT2D eigenvalue weighted by Gasteiger charge is -2.25. The van der Waals surface area contributed by atoms with Crippen LogP contribution in [0.3, 0.4) is 0 Å². The van der Waals surface area contributed by atoms with Gasteiger partial charge in [0.2, 0.25) is 17.7 Å². The van der Waals surface area contributed by atoms with Crippen molar-refractivity contribution in [1.82, 2.24) is 10.6 Å². The van der Waals surface area contributed by atoms with Crippen LogP contribution in [0.5, 0.6) is 0 Å². The average Bonchev–Trinajstić information content (AvgIpc) is 2.47. The molecule has 0 bridgehead atoms. The minimum absolute atomic E-state index is 0.301. The molecule has 0 fully saturated rings. The molecule has 0 radical (unpaired) electrons. The molecule has 0 unspecified atom stereocenters. The molecule has 7 N–H and O–H groups in total. The van der Waals surface area contributed by atoms with Gasteiger partial charge in [-0.05, 0) is 24.3 Å². The third-order valence-corrected chi connectivity index (χ3v) is 3.88. The third kappa shape index (κ3) is 8.16. The Morgan fingerprint density at radius 1 is 1.12 bits per heavy atom. The van der Waals surface area contributed by atoms with Crippen LogP contribution in [0.4, 0.5) is 0 Å². The summed E-state index contributed by atoms with van der Waals surface area (Å²) in [5.74, 6) is -3.03. The Morgan fingerprint density at radius 3 is 2.12 bits per heavy atom. The smallest absolute Gasteiger partial charge is 0.326 e. The van der Waals surface area contributed by atoms with E-state index < -0.39 is 48.2 Å². The number of thioether (sulfide) groups is 1. The molecule has 3 amide bonds. The first-order valence-corrected chi connectivity index (χ1v) is 8.85. The van der Waals surface area contributed by atoms with Gasteiger partial charge in [0, 0.05) is 0 Å². The first-order chi connectivity index (χ1) is 11.1. The lowest BCUT2D eigenvalue weighted by molar-refractivity contribution is -0.144. The number of amides is 3. The third-order valence-electron chi connectivity index (χ3n) is 3.24. The second-order valence-electron chi connectivity index (χ2n) is 5.69. The lowest BCUT2D eigenvalue weighted by atomic mass is 10.0. The Morgan fingerprint density at radius 2 is 1.71 bits per heavy atom. The molecule has 0 aliphatic carbocycles. The number of carbonyl (C=O) groups excluding carboxylic acids is 3. The standard InChI is InChI=1S/C14H26N4O5S/c1-7(2)11(18-12(20)8(15)4-5-24-3)13(21)17-9(14(22)23)6-10(16)19/h7-9,11H,4-6,15H2,1-3H3,(H2,16,19)(H,17,21)(H,18,20)(H,22,23)/t8-,9-,11-/m0/s1. The number of primary amides is 1. The van der Waals surface area contributed by atoms with Crippen LogP contribution in [0, 0.1) is 5.92 Å². The van der Waals surface area contributed by atoms with E-state index in [2.05, 4.69) is 10.6 Å². The quantitative estimate of drug-likeness (QED) is 0.303. The molecule has 0 heterocycles. The summed E-state index contributed by atoms with van der Waals surface area (Å²) in [5, 5.41) is 13.8. The van der Waals surface area contributed by atoms with Crippen LogP contribution in [0.15, 0.2) is 0 Å². The second-order valence-corrected chi connectivity index (χ2v) is 6.67. The highest BCUT2D eigenvalue weighted by molar-refractivity contribution is 7.98. The highest BCUT2D eigenvalue weighted by Gasteiger charge is 2.30. The molecule has 0 saturated carbocycles. The van der Waals surface area contributed by atoms with Gasteiger partial charge in [-0.25, -0.2) is 4.79 Å². The molecular formula is C14H26N4O5S. The molecule has 3 atom stereocenters. The molecule has 9 nitrogen and oxygen atoms in total. The molecule has 0 aliphatic rings. The first-order valence-electron chi connectivity index (χ1n) is 7.46. The number of carboxylic acid groups (broad SMARTS) is 1. The number of hydrogen-bond donors (Lipinski definition) is 5. The summed E-state index contributed by atoms with van der Waals surface area (Å²) in [7, 11) is 0. The molecule has 0 aromatic rings. The molecular weight excluding hydrogens is 336 g/mol. The Balaban J connectivity index is 4.91. The van der Waals surface area contributed by atoms with Crippen LogP contribution in [-0.4, -0.2) is 58.9 Å². The van der Waals surface area contributed by atoms with Gasteiger partial charge in [0.1, 0.15) is 12.1 Å². The SMILES string of the molecule is CSCC[C@H](N)C(=O)N[C@H](C(=O)N[C@@H](CC(N)=O)C(=O)O)C(C)C. The van der Waals surface area contributed by atoms with Crippen molar-refractivity contribution in [1.29, 1.82) is 0 Å². The molecule has 24 heavy (non-hydrogen) atoms. The number of nitrogens with one attached hydrogen (secondary N) is 2. The van der Waals surface area contributed by atoms with Gasteiger partial charge < -0.3 is 27.2 Å². The fourth-order valence-electron chi connectivity index (χ4n) is 1.83. The number of carboxylic acids is 1. The van der Waals surface area contributed by atoms with Gasteiger partial charge in [-0.3, -0.25) is 14.4 Å². The summed E-state index contributed by atoms with van der Waals surface area (Å²) >= 11 is 1.55. The predicted octanol–water partition coefficient (Wildman–Crippen LogP) is -1.35. The molecule has 0 aromatic heterocycles. The normalized spacial score (nSPS) is 14.5. The van der Waals surface area contributed by atoms with E-state index in [0.29, 0.717) is 12.2 Å². The predicted molar refractivity (Wildman–Crippen MR) is 91.1 cm³/mol. The van der Waals surface area contributed by atoms with E-state index in [0.717, 1.165) is 0 Å². The maximum absolute atomic E-state index is 12.3. The Bertz CT molecular complexity index is 472. The van der Waals surface area contributed by atoms with Crippen molar-refractivity contribution < 1.29 is 24.3 Å². The minimum Gasteiger partial charge on any atom is -0.480 e. The van der Waals surface area contributed by atoms with Crippen molar-refractivity contribution in [2.75, 3.05) is 12.0 Å². The monoisotopic (exact) mass is 362 g/mol. The Labute approximate surface area is 145 Å². The fourth-order valence-corrected chi connectivity index (χ4v) is 2.32. The van der Waals surface area contributed by atoms with E-state index >= 15 is 0 Å². The second kappa shape index (κ2) is 10.9. The topological polar surface area (TPSA) is 165 Å². The zero-order valence-electron chi connectivity index (χ0n) is 14.1. The maximum atomic E-state index is 12.3. The van der Waals surface area contributed by atoms with Gasteiger partial charge in [0.05, 0.1) is 12.5 Å². The fraction of sp³-hybridized carbons (Fsp3) is 0.714. The number of hydrogen-bond acceptors (Lipinski definition) is 6. The molecule has 0 aliphatic heterocycles. The largest absolute Gasteiger partial charge is 0.480 e. The summed E-state index contributed by atoms with van der Waals surface area (Å²) in [6.07, 6.45) is 1.81. The summed E-state index contributed by atoms with van der Waals surface area (Å²) in [6, 6.07) is -3.17. The Hall–Kier alpha value is -1.81. The van der Waals surface area contributed by atoms with E-state index in [-0.39, 0.29) is 5.92 Å². The van der Waals surface area contributed by atoms with Crippen molar-refractivity contribution in [3.8, 4) is 0 Å². The zero-order valence-corrected chi connectivity index (χ0v) is 14.9. The molecule has 138 valence electrons. The molecule has 0 spiro atoms. The van der Waals surface area contributed by atoms with E-state index in [4.69, 9.17) is 16.6 Å². The minimum atomic E-state index is -1.45. The number of carbonyl (C=O) groups is 4. The Kier molecular flexibility index (Phi) is 10.0. The lowest BCUT2D eigenvalue weighted by Crippen LogP contribution is -2.56. The van der Waals surface area contributed by atoms with Gasteiger partial charge in [0.15, 0.2) is 0 Å².